The Morgan fingerprint density at radius 2 is 0.893 bits per heavy atom. The Hall–Kier alpha value is -0.400. The summed E-state index contributed by atoms with van der Waals surface area (Å²) in [5, 5.41) is 45.7. The molecule has 5 N–H and O–H groups in total. The van der Waals surface area contributed by atoms with Crippen molar-refractivity contribution in [1.82, 2.24) is 0 Å². The first-order valence-corrected chi connectivity index (χ1v) is 9.56. The van der Waals surface area contributed by atoms with Crippen molar-refractivity contribution in [2.75, 3.05) is 59.5 Å². The molecule has 2 atom stereocenters. The van der Waals surface area contributed by atoms with Crippen molar-refractivity contribution in [3.8, 4) is 0 Å². The molecule has 10 heteroatoms. The standard InChI is InChI=1S/C18H38O10/c1-13(2)24-9-17(10-25-14(3)4-19)28-18(11-26-15(5-20)6-21)12-27-16(7-22)8-23/h13-23H,4-12H2,1-3H3. The summed E-state index contributed by atoms with van der Waals surface area (Å²) >= 11 is 0. The van der Waals surface area contributed by atoms with Gasteiger partial charge in [-0.1, -0.05) is 0 Å². The Morgan fingerprint density at radius 3 is 1.25 bits per heavy atom. The van der Waals surface area contributed by atoms with Crippen molar-refractivity contribution in [3.05, 3.63) is 0 Å². The summed E-state index contributed by atoms with van der Waals surface area (Å²) in [6.07, 6.45) is -3.01. The minimum atomic E-state index is -0.756. The van der Waals surface area contributed by atoms with Crippen LogP contribution in [0.25, 0.3) is 0 Å². The van der Waals surface area contributed by atoms with Gasteiger partial charge in [-0.05, 0) is 20.8 Å². The van der Waals surface area contributed by atoms with Gasteiger partial charge >= 0.3 is 0 Å². The van der Waals surface area contributed by atoms with Crippen LogP contribution in [-0.4, -0.2) is 122 Å². The average Bonchev–Trinajstić information content (AvgIpc) is 2.70. The number of aliphatic hydroxyl groups excluding tert-OH is 5. The normalized spacial score (nSPS) is 14.6. The molecule has 0 saturated heterocycles. The molecule has 0 aromatic carbocycles. The molecule has 0 spiro atoms. The van der Waals surface area contributed by atoms with Crippen molar-refractivity contribution in [2.45, 2.75) is 57.4 Å². The summed E-state index contributed by atoms with van der Waals surface area (Å²) in [4.78, 5) is 0. The van der Waals surface area contributed by atoms with Gasteiger partial charge in [0.25, 0.3) is 0 Å². The smallest absolute Gasteiger partial charge is 0.105 e. The van der Waals surface area contributed by atoms with Gasteiger partial charge < -0.3 is 49.2 Å². The summed E-state index contributed by atoms with van der Waals surface area (Å²) in [5.41, 5.74) is 0. The largest absolute Gasteiger partial charge is 0.394 e. The van der Waals surface area contributed by atoms with Gasteiger partial charge in [-0.25, -0.2) is 0 Å². The molecule has 170 valence electrons. The number of hydrogen-bond acceptors (Lipinski definition) is 10. The Kier molecular flexibility index (Phi) is 17.2. The van der Waals surface area contributed by atoms with Crippen LogP contribution in [0.1, 0.15) is 20.8 Å². The predicted octanol–water partition coefficient (Wildman–Crippen LogP) is -1.70. The Morgan fingerprint density at radius 1 is 0.500 bits per heavy atom. The van der Waals surface area contributed by atoms with E-state index in [0.717, 1.165) is 0 Å². The first-order chi connectivity index (χ1) is 13.4. The second-order valence-electron chi connectivity index (χ2n) is 6.73. The van der Waals surface area contributed by atoms with Gasteiger partial charge in [-0.2, -0.15) is 0 Å². The summed E-state index contributed by atoms with van der Waals surface area (Å²) in [6.45, 7) is 4.38. The van der Waals surface area contributed by atoms with Crippen LogP contribution in [0.2, 0.25) is 0 Å². The molecule has 28 heavy (non-hydrogen) atoms. The van der Waals surface area contributed by atoms with E-state index in [2.05, 4.69) is 0 Å². The molecule has 0 fully saturated rings. The molecule has 0 aliphatic carbocycles. The third-order valence-electron chi connectivity index (χ3n) is 3.67. The van der Waals surface area contributed by atoms with Gasteiger partial charge in [0.1, 0.15) is 24.4 Å². The van der Waals surface area contributed by atoms with Crippen molar-refractivity contribution in [1.29, 1.82) is 0 Å². The Bertz CT molecular complexity index is 320. The third kappa shape index (κ3) is 13.7. The fourth-order valence-corrected chi connectivity index (χ4v) is 1.96. The molecule has 2 unspecified atom stereocenters. The van der Waals surface area contributed by atoms with Crippen LogP contribution in [0.4, 0.5) is 0 Å². The fourth-order valence-electron chi connectivity index (χ4n) is 1.96. The van der Waals surface area contributed by atoms with Crippen LogP contribution in [0, 0.1) is 0 Å². The van der Waals surface area contributed by atoms with Crippen LogP contribution >= 0.6 is 0 Å². The molecule has 0 heterocycles. The molecule has 0 saturated carbocycles. The van der Waals surface area contributed by atoms with E-state index in [4.69, 9.17) is 49.2 Å². The lowest BCUT2D eigenvalue weighted by molar-refractivity contribution is -0.162. The highest BCUT2D eigenvalue weighted by Gasteiger charge is 2.22. The number of ether oxygens (including phenoxy) is 5. The van der Waals surface area contributed by atoms with E-state index in [0.29, 0.717) is 0 Å². The van der Waals surface area contributed by atoms with Gasteiger partial charge in [-0.3, -0.25) is 0 Å². The predicted molar refractivity (Wildman–Crippen MR) is 100 cm³/mol. The summed E-state index contributed by atoms with van der Waals surface area (Å²) < 4.78 is 27.9. The Labute approximate surface area is 166 Å². The van der Waals surface area contributed by atoms with Crippen molar-refractivity contribution >= 4 is 0 Å². The average molecular weight is 414 g/mol. The second-order valence-corrected chi connectivity index (χ2v) is 6.73. The van der Waals surface area contributed by atoms with Crippen LogP contribution < -0.4 is 0 Å². The number of hydrogen-bond donors (Lipinski definition) is 5. The van der Waals surface area contributed by atoms with E-state index in [1.54, 1.807) is 6.92 Å². The van der Waals surface area contributed by atoms with Crippen molar-refractivity contribution < 1.29 is 49.2 Å². The first kappa shape index (κ1) is 27.6. The first-order valence-electron chi connectivity index (χ1n) is 9.56. The topological polar surface area (TPSA) is 147 Å². The van der Waals surface area contributed by atoms with Crippen molar-refractivity contribution in [3.63, 3.8) is 0 Å². The molecule has 0 aliphatic rings. The van der Waals surface area contributed by atoms with Crippen LogP contribution in [0.3, 0.4) is 0 Å². The van der Waals surface area contributed by atoms with E-state index in [9.17, 15) is 0 Å². The highest BCUT2D eigenvalue weighted by atomic mass is 16.6. The molecule has 0 aromatic heterocycles. The summed E-state index contributed by atoms with van der Waals surface area (Å²) in [5.74, 6) is 0. The van der Waals surface area contributed by atoms with E-state index in [1.165, 1.54) is 0 Å². The minimum Gasteiger partial charge on any atom is -0.394 e. The van der Waals surface area contributed by atoms with Gasteiger partial charge in [-0.15, -0.1) is 0 Å². The molecular formula is C18H38O10. The Balaban J connectivity index is 4.90. The summed E-state index contributed by atoms with van der Waals surface area (Å²) in [7, 11) is 0. The summed E-state index contributed by atoms with van der Waals surface area (Å²) in [6, 6.07) is 0. The lowest BCUT2D eigenvalue weighted by Crippen LogP contribution is -2.40. The molecule has 0 aliphatic heterocycles. The molecule has 0 rings (SSSR count). The maximum Gasteiger partial charge on any atom is 0.105 e. The molecule has 0 bridgehead atoms. The van der Waals surface area contributed by atoms with Gasteiger partial charge in [0.2, 0.25) is 0 Å². The van der Waals surface area contributed by atoms with E-state index >= 15 is 0 Å². The maximum atomic E-state index is 9.15. The van der Waals surface area contributed by atoms with Crippen LogP contribution in [-0.2, 0) is 23.7 Å². The number of aliphatic hydroxyl groups is 5. The SMILES string of the molecule is CC(C)OCC(COC(C)CO)OC(COC(CO)CO)COC(CO)CO. The van der Waals surface area contributed by atoms with Crippen molar-refractivity contribution in [2.24, 2.45) is 0 Å². The number of rotatable bonds is 19. The van der Waals surface area contributed by atoms with E-state index in [-0.39, 0.29) is 71.7 Å². The zero-order valence-corrected chi connectivity index (χ0v) is 17.1. The minimum absolute atomic E-state index is 0.00307. The fraction of sp³-hybridized carbons (Fsp3) is 1.00. The zero-order valence-electron chi connectivity index (χ0n) is 17.1. The quantitative estimate of drug-likeness (QED) is 0.166. The maximum absolute atomic E-state index is 9.15. The lowest BCUT2D eigenvalue weighted by atomic mass is 10.3. The molecule has 0 amide bonds. The van der Waals surface area contributed by atoms with Gasteiger partial charge in [0.05, 0.1) is 71.7 Å². The van der Waals surface area contributed by atoms with Gasteiger partial charge in [0, 0.05) is 0 Å². The third-order valence-corrected chi connectivity index (χ3v) is 3.67. The van der Waals surface area contributed by atoms with Crippen LogP contribution in [0.5, 0.6) is 0 Å². The second kappa shape index (κ2) is 17.5. The van der Waals surface area contributed by atoms with Gasteiger partial charge in [0.15, 0.2) is 0 Å². The van der Waals surface area contributed by atoms with E-state index < -0.39 is 24.4 Å². The molecule has 10 nitrogen and oxygen atoms in total. The lowest BCUT2D eigenvalue weighted by Gasteiger charge is -2.28. The van der Waals surface area contributed by atoms with E-state index in [1.807, 2.05) is 13.8 Å². The molecular weight excluding hydrogens is 376 g/mol. The van der Waals surface area contributed by atoms with Crippen LogP contribution in [0.15, 0.2) is 0 Å². The molecule has 0 aromatic rings. The zero-order chi connectivity index (χ0) is 21.4. The highest BCUT2D eigenvalue weighted by Crippen LogP contribution is 2.08. The highest BCUT2D eigenvalue weighted by molar-refractivity contribution is 4.67. The monoisotopic (exact) mass is 414 g/mol. The molecule has 0 radical (unpaired) electrons.